The minimum Gasteiger partial charge on any atom is -0.477 e. The Morgan fingerprint density at radius 1 is 1.25 bits per heavy atom. The number of carbonyl (C=O) groups excluding carboxylic acids is 1. The number of carbonyl (C=O) groups is 1. The molecule has 1 heterocycles. The fraction of sp³-hybridized carbons (Fsp3) is 0.250. The van der Waals surface area contributed by atoms with Crippen molar-refractivity contribution in [3.05, 3.63) is 58.3 Å². The van der Waals surface area contributed by atoms with Crippen LogP contribution in [0.3, 0.4) is 0 Å². The van der Waals surface area contributed by atoms with Crippen LogP contribution in [0.25, 0.3) is 0 Å². The van der Waals surface area contributed by atoms with Gasteiger partial charge in [0.1, 0.15) is 5.56 Å². The van der Waals surface area contributed by atoms with Gasteiger partial charge in [-0.1, -0.05) is 0 Å². The van der Waals surface area contributed by atoms with Gasteiger partial charge in [-0.05, 0) is 31.2 Å². The van der Waals surface area contributed by atoms with Crippen molar-refractivity contribution in [1.82, 2.24) is 10.3 Å². The molecule has 8 heteroatoms. The predicted octanol–water partition coefficient (Wildman–Crippen LogP) is 2.23. The first kappa shape index (κ1) is 17.2. The van der Waals surface area contributed by atoms with Gasteiger partial charge < -0.3 is 15.4 Å². The van der Waals surface area contributed by atoms with Crippen LogP contribution in [0.15, 0.2) is 42.6 Å². The van der Waals surface area contributed by atoms with E-state index in [0.717, 1.165) is 5.69 Å². The Labute approximate surface area is 139 Å². The number of ether oxygens (including phenoxy) is 1. The molecule has 126 valence electrons. The number of rotatable bonds is 8. The summed E-state index contributed by atoms with van der Waals surface area (Å²) in [5.41, 5.74) is 1.16. The fourth-order valence-electron chi connectivity index (χ4n) is 1.99. The molecule has 0 atom stereocenters. The van der Waals surface area contributed by atoms with Crippen LogP contribution in [-0.2, 0) is 0 Å². The van der Waals surface area contributed by atoms with E-state index in [1.54, 1.807) is 30.5 Å². The highest BCUT2D eigenvalue weighted by molar-refractivity contribution is 5.96. The number of aromatic nitrogens is 1. The third kappa shape index (κ3) is 4.67. The molecule has 0 unspecified atom stereocenters. The second kappa shape index (κ2) is 8.47. The molecule has 0 spiro atoms. The molecular weight excluding hydrogens is 312 g/mol. The molecule has 2 rings (SSSR count). The summed E-state index contributed by atoms with van der Waals surface area (Å²) in [5, 5.41) is 16.4. The smallest absolute Gasteiger partial charge is 0.269 e. The number of amides is 1. The third-order valence-corrected chi connectivity index (χ3v) is 3.11. The molecule has 0 saturated heterocycles. The monoisotopic (exact) mass is 330 g/mol. The molecule has 0 fully saturated rings. The van der Waals surface area contributed by atoms with E-state index < -0.39 is 4.92 Å². The van der Waals surface area contributed by atoms with Gasteiger partial charge >= 0.3 is 0 Å². The number of pyridine rings is 1. The number of nitrogens with one attached hydrogen (secondary N) is 2. The van der Waals surface area contributed by atoms with Gasteiger partial charge in [0.2, 0.25) is 5.88 Å². The predicted molar refractivity (Wildman–Crippen MR) is 89.3 cm³/mol. The number of nitro benzene ring substituents is 1. The highest BCUT2D eigenvalue weighted by Crippen LogP contribution is 2.15. The van der Waals surface area contributed by atoms with E-state index in [2.05, 4.69) is 15.6 Å². The van der Waals surface area contributed by atoms with E-state index in [1.807, 2.05) is 6.92 Å². The lowest BCUT2D eigenvalue weighted by Gasteiger charge is -2.10. The Balaban J connectivity index is 1.81. The first-order valence-corrected chi connectivity index (χ1v) is 7.46. The Morgan fingerprint density at radius 2 is 2.00 bits per heavy atom. The molecule has 24 heavy (non-hydrogen) atoms. The maximum absolute atomic E-state index is 12.1. The van der Waals surface area contributed by atoms with Gasteiger partial charge in [-0.3, -0.25) is 14.9 Å². The van der Waals surface area contributed by atoms with Gasteiger partial charge in [-0.2, -0.15) is 0 Å². The van der Waals surface area contributed by atoms with Crippen LogP contribution < -0.4 is 15.4 Å². The number of hydrogen-bond acceptors (Lipinski definition) is 6. The summed E-state index contributed by atoms with van der Waals surface area (Å²) < 4.78 is 5.32. The molecule has 1 amide bonds. The lowest BCUT2D eigenvalue weighted by molar-refractivity contribution is -0.384. The third-order valence-electron chi connectivity index (χ3n) is 3.11. The number of non-ortho nitro benzene ring substituents is 1. The van der Waals surface area contributed by atoms with Crippen LogP contribution in [0.5, 0.6) is 5.88 Å². The van der Waals surface area contributed by atoms with E-state index >= 15 is 0 Å². The Hall–Kier alpha value is -3.16. The van der Waals surface area contributed by atoms with Gasteiger partial charge in [0, 0.05) is 37.1 Å². The summed E-state index contributed by atoms with van der Waals surface area (Å²) in [5.74, 6) is 0.0397. The molecule has 0 radical (unpaired) electrons. The van der Waals surface area contributed by atoms with Crippen LogP contribution in [0.4, 0.5) is 11.4 Å². The molecule has 1 aromatic heterocycles. The molecule has 0 aliphatic heterocycles. The van der Waals surface area contributed by atoms with Gasteiger partial charge in [-0.15, -0.1) is 0 Å². The zero-order chi connectivity index (χ0) is 17.4. The summed E-state index contributed by atoms with van der Waals surface area (Å²) in [6.45, 7) is 3.12. The summed E-state index contributed by atoms with van der Waals surface area (Å²) in [6.07, 6.45) is 1.57. The van der Waals surface area contributed by atoms with E-state index in [-0.39, 0.29) is 11.6 Å². The standard InChI is InChI=1S/C16H18N4O4/c1-2-24-16-14(4-3-9-19-16)15(21)18-11-10-17-12-5-7-13(8-6-12)20(22)23/h3-9,17H,2,10-11H2,1H3,(H,18,21). The molecule has 2 aromatic rings. The molecule has 1 aromatic carbocycles. The maximum atomic E-state index is 12.1. The van der Waals surface area contributed by atoms with Crippen LogP contribution in [0.2, 0.25) is 0 Å². The van der Waals surface area contributed by atoms with Crippen molar-refractivity contribution in [2.75, 3.05) is 25.0 Å². The number of hydrogen-bond donors (Lipinski definition) is 2. The molecular formula is C16H18N4O4. The summed E-state index contributed by atoms with van der Waals surface area (Å²) >= 11 is 0. The Kier molecular flexibility index (Phi) is 6.07. The number of anilines is 1. The highest BCUT2D eigenvalue weighted by atomic mass is 16.6. The van der Waals surface area contributed by atoms with Crippen LogP contribution >= 0.6 is 0 Å². The van der Waals surface area contributed by atoms with Crippen molar-refractivity contribution in [2.45, 2.75) is 6.92 Å². The normalized spacial score (nSPS) is 10.0. The van der Waals surface area contributed by atoms with Gasteiger partial charge in [-0.25, -0.2) is 4.98 Å². The summed E-state index contributed by atoms with van der Waals surface area (Å²) in [4.78, 5) is 26.3. The molecule has 2 N–H and O–H groups in total. The quantitative estimate of drug-likeness (QED) is 0.437. The second-order valence-corrected chi connectivity index (χ2v) is 4.78. The fourth-order valence-corrected chi connectivity index (χ4v) is 1.99. The Bertz CT molecular complexity index is 703. The van der Waals surface area contributed by atoms with Crippen LogP contribution in [0, 0.1) is 10.1 Å². The largest absolute Gasteiger partial charge is 0.477 e. The van der Waals surface area contributed by atoms with Crippen molar-refractivity contribution < 1.29 is 14.5 Å². The molecule has 0 aliphatic rings. The van der Waals surface area contributed by atoms with Crippen molar-refractivity contribution >= 4 is 17.3 Å². The average molecular weight is 330 g/mol. The molecule has 0 bridgehead atoms. The zero-order valence-electron chi connectivity index (χ0n) is 13.2. The lowest BCUT2D eigenvalue weighted by Crippen LogP contribution is -2.29. The number of nitrogens with zero attached hydrogens (tertiary/aromatic N) is 2. The number of nitro groups is 1. The molecule has 0 aliphatic carbocycles. The van der Waals surface area contributed by atoms with Gasteiger partial charge in [0.05, 0.1) is 11.5 Å². The van der Waals surface area contributed by atoms with Crippen molar-refractivity contribution in [3.63, 3.8) is 0 Å². The molecule has 0 saturated carbocycles. The van der Waals surface area contributed by atoms with Crippen LogP contribution in [0.1, 0.15) is 17.3 Å². The van der Waals surface area contributed by atoms with E-state index in [9.17, 15) is 14.9 Å². The minimum atomic E-state index is -0.451. The maximum Gasteiger partial charge on any atom is 0.269 e. The van der Waals surface area contributed by atoms with Crippen LogP contribution in [-0.4, -0.2) is 35.5 Å². The minimum absolute atomic E-state index is 0.0360. The van der Waals surface area contributed by atoms with E-state index in [1.165, 1.54) is 12.1 Å². The van der Waals surface area contributed by atoms with Crippen molar-refractivity contribution in [1.29, 1.82) is 0 Å². The topological polar surface area (TPSA) is 106 Å². The average Bonchev–Trinajstić information content (AvgIpc) is 2.59. The SMILES string of the molecule is CCOc1ncccc1C(=O)NCCNc1ccc([N+](=O)[O-])cc1. The highest BCUT2D eigenvalue weighted by Gasteiger charge is 2.12. The number of benzene rings is 1. The Morgan fingerprint density at radius 3 is 2.67 bits per heavy atom. The van der Waals surface area contributed by atoms with E-state index in [4.69, 9.17) is 4.74 Å². The van der Waals surface area contributed by atoms with Crippen molar-refractivity contribution in [2.24, 2.45) is 0 Å². The van der Waals surface area contributed by atoms with Gasteiger partial charge in [0.25, 0.3) is 11.6 Å². The first-order valence-electron chi connectivity index (χ1n) is 7.46. The van der Waals surface area contributed by atoms with Crippen molar-refractivity contribution in [3.8, 4) is 5.88 Å². The summed E-state index contributed by atoms with van der Waals surface area (Å²) in [6, 6.07) is 9.40. The molecule has 8 nitrogen and oxygen atoms in total. The van der Waals surface area contributed by atoms with E-state index in [0.29, 0.717) is 31.1 Å². The van der Waals surface area contributed by atoms with Gasteiger partial charge in [0.15, 0.2) is 0 Å². The zero-order valence-corrected chi connectivity index (χ0v) is 13.2. The first-order chi connectivity index (χ1) is 11.6. The second-order valence-electron chi connectivity index (χ2n) is 4.78. The summed E-state index contributed by atoms with van der Waals surface area (Å²) in [7, 11) is 0. The lowest BCUT2D eigenvalue weighted by atomic mass is 10.2.